The maximum atomic E-state index is 11.8. The summed E-state index contributed by atoms with van der Waals surface area (Å²) in [5.41, 5.74) is 2.58. The van der Waals surface area contributed by atoms with Gasteiger partial charge >= 0.3 is 0 Å². The lowest BCUT2D eigenvalue weighted by atomic mass is 10.1. The zero-order chi connectivity index (χ0) is 14.5. The number of hydrogen-bond acceptors (Lipinski definition) is 3. The summed E-state index contributed by atoms with van der Waals surface area (Å²) in [6.45, 7) is 5.87. The monoisotopic (exact) mass is 276 g/mol. The molecule has 1 atom stereocenters. The van der Waals surface area contributed by atoms with Crippen LogP contribution in [0.3, 0.4) is 0 Å². The van der Waals surface area contributed by atoms with E-state index in [9.17, 15) is 4.79 Å². The Kier molecular flexibility index (Phi) is 5.01. The minimum absolute atomic E-state index is 0.0198. The summed E-state index contributed by atoms with van der Waals surface area (Å²) in [5.74, 6) is 0.882. The van der Waals surface area contributed by atoms with E-state index in [-0.39, 0.29) is 12.5 Å². The third kappa shape index (κ3) is 3.12. The molecule has 0 heterocycles. The van der Waals surface area contributed by atoms with Gasteiger partial charge in [0.1, 0.15) is 5.75 Å². The molecule has 1 aliphatic rings. The van der Waals surface area contributed by atoms with Crippen LogP contribution in [0.5, 0.6) is 5.75 Å². The van der Waals surface area contributed by atoms with Gasteiger partial charge in [0, 0.05) is 19.6 Å². The van der Waals surface area contributed by atoms with Crippen molar-refractivity contribution >= 4 is 5.91 Å². The lowest BCUT2D eigenvalue weighted by molar-refractivity contribution is -0.131. The van der Waals surface area contributed by atoms with Crippen molar-refractivity contribution in [2.24, 2.45) is 0 Å². The first kappa shape index (κ1) is 14.9. The Labute approximate surface area is 121 Å². The van der Waals surface area contributed by atoms with E-state index < -0.39 is 0 Å². The van der Waals surface area contributed by atoms with Gasteiger partial charge in [0.15, 0.2) is 6.61 Å². The topological polar surface area (TPSA) is 41.6 Å². The average molecular weight is 276 g/mol. The number of carbonyl (C=O) groups is 1. The lowest BCUT2D eigenvalue weighted by Crippen LogP contribution is -2.31. The summed E-state index contributed by atoms with van der Waals surface area (Å²) in [7, 11) is 1.79. The maximum absolute atomic E-state index is 11.8. The molecule has 1 aromatic carbocycles. The predicted octanol–water partition coefficient (Wildman–Crippen LogP) is 2.14. The minimum Gasteiger partial charge on any atom is -0.483 e. The third-order valence-corrected chi connectivity index (χ3v) is 3.93. The van der Waals surface area contributed by atoms with Crippen molar-refractivity contribution in [3.63, 3.8) is 0 Å². The van der Waals surface area contributed by atoms with Crippen LogP contribution in [0.2, 0.25) is 0 Å². The molecule has 0 radical (unpaired) electrons. The highest BCUT2D eigenvalue weighted by atomic mass is 16.5. The highest BCUT2D eigenvalue weighted by molar-refractivity contribution is 5.77. The van der Waals surface area contributed by atoms with E-state index in [1.165, 1.54) is 11.1 Å². The van der Waals surface area contributed by atoms with E-state index >= 15 is 0 Å². The van der Waals surface area contributed by atoms with E-state index in [4.69, 9.17) is 4.74 Å². The van der Waals surface area contributed by atoms with Gasteiger partial charge in [0.2, 0.25) is 0 Å². The summed E-state index contributed by atoms with van der Waals surface area (Å²) in [4.78, 5) is 13.5. The number of ether oxygens (including phenoxy) is 1. The number of rotatable bonds is 6. The Hall–Kier alpha value is -1.55. The molecular formula is C16H24N2O2. The van der Waals surface area contributed by atoms with Gasteiger partial charge in [-0.1, -0.05) is 19.1 Å². The third-order valence-electron chi connectivity index (χ3n) is 3.93. The van der Waals surface area contributed by atoms with E-state index in [0.717, 1.165) is 25.1 Å². The molecule has 4 heteroatoms. The first-order valence-electron chi connectivity index (χ1n) is 7.39. The van der Waals surface area contributed by atoms with Gasteiger partial charge in [-0.05, 0) is 43.5 Å². The number of hydrogen-bond donors (Lipinski definition) is 1. The Morgan fingerprint density at radius 1 is 1.45 bits per heavy atom. The van der Waals surface area contributed by atoms with Crippen LogP contribution in [0.25, 0.3) is 0 Å². The molecule has 4 nitrogen and oxygen atoms in total. The smallest absolute Gasteiger partial charge is 0.260 e. The summed E-state index contributed by atoms with van der Waals surface area (Å²) < 4.78 is 5.74. The molecule has 1 N–H and O–H groups in total. The summed E-state index contributed by atoms with van der Waals surface area (Å²) in [5, 5.41) is 3.49. The van der Waals surface area contributed by atoms with Crippen molar-refractivity contribution in [1.29, 1.82) is 0 Å². The van der Waals surface area contributed by atoms with E-state index in [1.54, 1.807) is 11.9 Å². The van der Waals surface area contributed by atoms with Crippen molar-refractivity contribution in [3.05, 3.63) is 29.3 Å². The normalized spacial score (nSPS) is 16.9. The van der Waals surface area contributed by atoms with E-state index in [0.29, 0.717) is 12.6 Å². The van der Waals surface area contributed by atoms with Gasteiger partial charge in [-0.2, -0.15) is 0 Å². The Balaban J connectivity index is 2.05. The van der Waals surface area contributed by atoms with Crippen molar-refractivity contribution in [2.45, 2.75) is 32.7 Å². The highest BCUT2D eigenvalue weighted by Gasteiger charge is 2.24. The number of nitrogens with one attached hydrogen (secondary N) is 1. The number of carbonyl (C=O) groups excluding carboxylic acids is 1. The second kappa shape index (κ2) is 6.75. The average Bonchev–Trinajstić information content (AvgIpc) is 2.88. The molecule has 0 saturated carbocycles. The number of amides is 1. The Morgan fingerprint density at radius 3 is 2.95 bits per heavy atom. The van der Waals surface area contributed by atoms with E-state index in [1.807, 2.05) is 19.1 Å². The quantitative estimate of drug-likeness (QED) is 0.865. The molecule has 0 aliphatic heterocycles. The van der Waals surface area contributed by atoms with Gasteiger partial charge in [0.25, 0.3) is 5.91 Å². The second-order valence-electron chi connectivity index (χ2n) is 5.17. The maximum Gasteiger partial charge on any atom is 0.260 e. The molecule has 0 saturated heterocycles. The predicted molar refractivity (Wildman–Crippen MR) is 80.0 cm³/mol. The van der Waals surface area contributed by atoms with Gasteiger partial charge in [-0.25, -0.2) is 0 Å². The van der Waals surface area contributed by atoms with Crippen molar-refractivity contribution < 1.29 is 9.53 Å². The van der Waals surface area contributed by atoms with Crippen molar-refractivity contribution in [2.75, 3.05) is 26.7 Å². The van der Waals surface area contributed by atoms with Crippen LogP contribution >= 0.6 is 0 Å². The molecule has 110 valence electrons. The second-order valence-corrected chi connectivity index (χ2v) is 5.17. The molecule has 1 aromatic rings. The molecule has 1 aliphatic carbocycles. The van der Waals surface area contributed by atoms with Crippen LogP contribution in [0.4, 0.5) is 0 Å². The molecule has 0 aromatic heterocycles. The van der Waals surface area contributed by atoms with Crippen molar-refractivity contribution in [3.8, 4) is 5.75 Å². The number of fused-ring (bicyclic) bond motifs is 1. The molecule has 2 rings (SSSR count). The minimum atomic E-state index is 0.0198. The lowest BCUT2D eigenvalue weighted by Gasteiger charge is -2.17. The summed E-state index contributed by atoms with van der Waals surface area (Å²) in [6, 6.07) is 6.56. The molecule has 0 spiro atoms. The molecule has 1 unspecified atom stereocenters. The Morgan fingerprint density at radius 2 is 2.25 bits per heavy atom. The van der Waals surface area contributed by atoms with Crippen LogP contribution in [0.1, 0.15) is 37.4 Å². The molecule has 20 heavy (non-hydrogen) atoms. The van der Waals surface area contributed by atoms with Crippen molar-refractivity contribution in [1.82, 2.24) is 10.2 Å². The first-order valence-corrected chi connectivity index (χ1v) is 7.39. The zero-order valence-electron chi connectivity index (χ0n) is 12.6. The summed E-state index contributed by atoms with van der Waals surface area (Å²) >= 11 is 0. The van der Waals surface area contributed by atoms with Gasteiger partial charge in [-0.3, -0.25) is 4.79 Å². The molecular weight excluding hydrogens is 252 g/mol. The van der Waals surface area contributed by atoms with Crippen LogP contribution in [-0.4, -0.2) is 37.6 Å². The Bertz CT molecular complexity index is 474. The van der Waals surface area contributed by atoms with Gasteiger partial charge < -0.3 is 15.0 Å². The van der Waals surface area contributed by atoms with Gasteiger partial charge in [0.05, 0.1) is 0 Å². The number of likely N-dealkylation sites (N-methyl/N-ethyl adjacent to an activating group) is 1. The van der Waals surface area contributed by atoms with Gasteiger partial charge in [-0.15, -0.1) is 0 Å². The number of nitrogens with zero attached hydrogens (tertiary/aromatic N) is 1. The molecule has 1 amide bonds. The van der Waals surface area contributed by atoms with E-state index in [2.05, 4.69) is 18.3 Å². The zero-order valence-corrected chi connectivity index (χ0v) is 12.6. The SMILES string of the molecule is CCNC1CCc2c(OCC(=O)N(C)CC)cccc21. The fraction of sp³-hybridized carbons (Fsp3) is 0.562. The standard InChI is InChI=1S/C16H24N2O2/c1-4-17-14-10-9-13-12(14)7-6-8-15(13)20-11-16(19)18(3)5-2/h6-8,14,17H,4-5,9-11H2,1-3H3. The summed E-state index contributed by atoms with van der Waals surface area (Å²) in [6.07, 6.45) is 2.12. The highest BCUT2D eigenvalue weighted by Crippen LogP contribution is 2.36. The van der Waals surface area contributed by atoms with Crippen LogP contribution < -0.4 is 10.1 Å². The fourth-order valence-corrected chi connectivity index (χ4v) is 2.64. The largest absolute Gasteiger partial charge is 0.483 e. The fourth-order valence-electron chi connectivity index (χ4n) is 2.64. The molecule has 0 bridgehead atoms. The molecule has 0 fully saturated rings. The van der Waals surface area contributed by atoms with Crippen LogP contribution in [0, 0.1) is 0 Å². The van der Waals surface area contributed by atoms with Crippen LogP contribution in [0.15, 0.2) is 18.2 Å². The first-order chi connectivity index (χ1) is 9.67. The number of benzene rings is 1. The van der Waals surface area contributed by atoms with Crippen LogP contribution in [-0.2, 0) is 11.2 Å².